The molecule has 1 aliphatic rings. The van der Waals surface area contributed by atoms with E-state index >= 15 is 0 Å². The van der Waals surface area contributed by atoms with E-state index in [1.54, 1.807) is 6.20 Å². The number of hydrogen-bond donors (Lipinski definition) is 1. The lowest BCUT2D eigenvalue weighted by atomic mass is 10.1. The molecule has 0 saturated heterocycles. The van der Waals surface area contributed by atoms with Gasteiger partial charge in [-0.25, -0.2) is 4.79 Å². The van der Waals surface area contributed by atoms with Gasteiger partial charge in [0, 0.05) is 24.2 Å². The molecule has 28 heavy (non-hydrogen) atoms. The molecule has 2 heterocycles. The summed E-state index contributed by atoms with van der Waals surface area (Å²) in [7, 11) is 0. The maximum Gasteiger partial charge on any atom is 0.417 e. The highest BCUT2D eigenvalue weighted by Gasteiger charge is 2.19. The Morgan fingerprint density at radius 2 is 2.07 bits per heavy atom. The van der Waals surface area contributed by atoms with Gasteiger partial charge in [0.05, 0.1) is 17.4 Å². The molecular weight excluding hydrogens is 350 g/mol. The Balaban J connectivity index is 1.39. The van der Waals surface area contributed by atoms with Crippen LogP contribution in [0.15, 0.2) is 54.7 Å². The molecule has 2 aromatic carbocycles. The van der Waals surface area contributed by atoms with E-state index in [1.807, 2.05) is 42.5 Å². The number of unbranched alkanes of at least 4 members (excludes halogenated alkanes) is 2. The lowest BCUT2D eigenvalue weighted by Gasteiger charge is -2.19. The highest BCUT2D eigenvalue weighted by molar-refractivity contribution is 5.90. The van der Waals surface area contributed by atoms with E-state index in [0.717, 1.165) is 30.4 Å². The van der Waals surface area contributed by atoms with Crippen LogP contribution in [-0.4, -0.2) is 24.2 Å². The number of amides is 1. The van der Waals surface area contributed by atoms with Crippen LogP contribution >= 0.6 is 0 Å². The van der Waals surface area contributed by atoms with Gasteiger partial charge in [-0.1, -0.05) is 38.0 Å². The number of ether oxygens (including phenoxy) is 1. The van der Waals surface area contributed by atoms with Gasteiger partial charge < -0.3 is 9.64 Å². The smallest absolute Gasteiger partial charge is 0.410 e. The first-order valence-corrected chi connectivity index (χ1v) is 9.94. The molecule has 1 aromatic heterocycles. The third kappa shape index (κ3) is 4.09. The molecule has 1 aliphatic heterocycles. The fourth-order valence-corrected chi connectivity index (χ4v) is 3.68. The van der Waals surface area contributed by atoms with Crippen LogP contribution in [0.4, 0.5) is 16.2 Å². The van der Waals surface area contributed by atoms with Crippen molar-refractivity contribution in [2.75, 3.05) is 23.3 Å². The number of fused-ring (bicyclic) bond motifs is 2. The monoisotopic (exact) mass is 375 g/mol. The summed E-state index contributed by atoms with van der Waals surface area (Å²) in [4.78, 5) is 19.1. The zero-order valence-corrected chi connectivity index (χ0v) is 16.1. The number of anilines is 2. The number of carbonyl (C=O) groups excluding carboxylic acids is 1. The lowest BCUT2D eigenvalue weighted by Crippen LogP contribution is -2.21. The molecule has 1 N–H and O–H groups in total. The molecule has 5 nitrogen and oxygen atoms in total. The van der Waals surface area contributed by atoms with Crippen LogP contribution in [0.1, 0.15) is 31.7 Å². The van der Waals surface area contributed by atoms with Crippen LogP contribution in [-0.2, 0) is 6.42 Å². The third-order valence-corrected chi connectivity index (χ3v) is 5.12. The van der Waals surface area contributed by atoms with Crippen molar-refractivity contribution in [3.05, 3.63) is 60.3 Å². The number of benzene rings is 2. The number of nitrogens with one attached hydrogen (secondary N) is 1. The van der Waals surface area contributed by atoms with Crippen molar-refractivity contribution < 1.29 is 9.53 Å². The zero-order chi connectivity index (χ0) is 19.3. The van der Waals surface area contributed by atoms with Crippen LogP contribution in [0.5, 0.6) is 5.75 Å². The highest BCUT2D eigenvalue weighted by atomic mass is 16.6. The minimum absolute atomic E-state index is 0.505. The van der Waals surface area contributed by atoms with Gasteiger partial charge in [0.2, 0.25) is 0 Å². The van der Waals surface area contributed by atoms with Crippen molar-refractivity contribution in [3.8, 4) is 5.75 Å². The largest absolute Gasteiger partial charge is 0.417 e. The van der Waals surface area contributed by atoms with Gasteiger partial charge in [-0.15, -0.1) is 0 Å². The minimum atomic E-state index is -0.505. The average molecular weight is 375 g/mol. The quantitative estimate of drug-likeness (QED) is 0.586. The number of nitrogens with zero attached hydrogens (tertiary/aromatic N) is 2. The summed E-state index contributed by atoms with van der Waals surface area (Å²) in [6.45, 7) is 4.36. The fourth-order valence-electron chi connectivity index (χ4n) is 3.68. The van der Waals surface area contributed by atoms with Crippen molar-refractivity contribution in [2.24, 2.45) is 0 Å². The standard InChI is InChI=1S/C23H25N3O2/c1-2-3-6-12-26-13-11-18-15-20(9-10-22(18)26)28-23(27)25-19-14-17-7-4-5-8-21(17)24-16-19/h4-5,7-10,14-16H,2-3,6,11-13H2,1H3,(H,25,27). The molecule has 0 unspecified atom stereocenters. The van der Waals surface area contributed by atoms with Crippen molar-refractivity contribution in [3.63, 3.8) is 0 Å². The number of pyridine rings is 1. The second-order valence-electron chi connectivity index (χ2n) is 7.17. The van der Waals surface area contributed by atoms with Gasteiger partial charge in [-0.05, 0) is 48.7 Å². The Bertz CT molecular complexity index is 986. The van der Waals surface area contributed by atoms with E-state index in [2.05, 4.69) is 28.2 Å². The molecule has 0 radical (unpaired) electrons. The third-order valence-electron chi connectivity index (χ3n) is 5.12. The molecule has 3 aromatic rings. The molecule has 0 fully saturated rings. The molecule has 4 rings (SSSR count). The van der Waals surface area contributed by atoms with Crippen molar-refractivity contribution >= 4 is 28.4 Å². The van der Waals surface area contributed by atoms with Gasteiger partial charge in [-0.2, -0.15) is 0 Å². The first-order valence-electron chi connectivity index (χ1n) is 9.94. The molecule has 0 spiro atoms. The summed E-state index contributed by atoms with van der Waals surface area (Å²) in [5.41, 5.74) is 4.02. The van der Waals surface area contributed by atoms with E-state index in [0.29, 0.717) is 11.4 Å². The summed E-state index contributed by atoms with van der Waals surface area (Å²) in [6.07, 6.45) is 5.84. The summed E-state index contributed by atoms with van der Waals surface area (Å²) >= 11 is 0. The molecule has 144 valence electrons. The number of hydrogen-bond acceptors (Lipinski definition) is 4. The van der Waals surface area contributed by atoms with E-state index in [1.165, 1.54) is 30.5 Å². The Kier molecular flexibility index (Phi) is 5.42. The topological polar surface area (TPSA) is 54.5 Å². The first kappa shape index (κ1) is 18.3. The van der Waals surface area contributed by atoms with Crippen LogP contribution < -0.4 is 15.0 Å². The molecule has 0 bridgehead atoms. The molecule has 0 atom stereocenters. The number of rotatable bonds is 6. The van der Waals surface area contributed by atoms with Gasteiger partial charge in [0.15, 0.2) is 0 Å². The second-order valence-corrected chi connectivity index (χ2v) is 7.17. The van der Waals surface area contributed by atoms with E-state index in [-0.39, 0.29) is 0 Å². The highest BCUT2D eigenvalue weighted by Crippen LogP contribution is 2.31. The van der Waals surface area contributed by atoms with Gasteiger partial charge in [-0.3, -0.25) is 10.3 Å². The first-order chi connectivity index (χ1) is 13.7. The molecular formula is C23H25N3O2. The fraction of sp³-hybridized carbons (Fsp3) is 0.304. The SMILES string of the molecule is CCCCCN1CCc2cc(OC(=O)Nc3cnc4ccccc4c3)ccc21. The predicted octanol–water partition coefficient (Wildman–Crippen LogP) is 5.40. The summed E-state index contributed by atoms with van der Waals surface area (Å²) in [6, 6.07) is 15.6. The number of para-hydroxylation sites is 1. The van der Waals surface area contributed by atoms with E-state index < -0.39 is 6.09 Å². The Hall–Kier alpha value is -3.08. The molecule has 1 amide bonds. The average Bonchev–Trinajstić information content (AvgIpc) is 3.10. The maximum absolute atomic E-state index is 12.3. The molecule has 0 saturated carbocycles. The normalized spacial score (nSPS) is 12.8. The van der Waals surface area contributed by atoms with Crippen LogP contribution in [0.3, 0.4) is 0 Å². The predicted molar refractivity (Wildman–Crippen MR) is 113 cm³/mol. The van der Waals surface area contributed by atoms with Gasteiger partial charge >= 0.3 is 6.09 Å². The lowest BCUT2D eigenvalue weighted by molar-refractivity contribution is 0.215. The summed E-state index contributed by atoms with van der Waals surface area (Å²) in [5, 5.41) is 3.73. The van der Waals surface area contributed by atoms with Crippen LogP contribution in [0.2, 0.25) is 0 Å². The maximum atomic E-state index is 12.3. The van der Waals surface area contributed by atoms with Crippen LogP contribution in [0, 0.1) is 0 Å². The van der Waals surface area contributed by atoms with E-state index in [4.69, 9.17) is 4.74 Å². The van der Waals surface area contributed by atoms with Gasteiger partial charge in [0.1, 0.15) is 5.75 Å². The number of aromatic nitrogens is 1. The van der Waals surface area contributed by atoms with Gasteiger partial charge in [0.25, 0.3) is 0 Å². The van der Waals surface area contributed by atoms with Crippen molar-refractivity contribution in [2.45, 2.75) is 32.6 Å². The van der Waals surface area contributed by atoms with Crippen molar-refractivity contribution in [1.29, 1.82) is 0 Å². The van der Waals surface area contributed by atoms with Crippen molar-refractivity contribution in [1.82, 2.24) is 4.98 Å². The second kappa shape index (κ2) is 8.30. The molecule has 5 heteroatoms. The Morgan fingerprint density at radius 3 is 2.96 bits per heavy atom. The Morgan fingerprint density at radius 1 is 1.18 bits per heavy atom. The molecule has 0 aliphatic carbocycles. The number of carbonyl (C=O) groups is 1. The zero-order valence-electron chi connectivity index (χ0n) is 16.1. The van der Waals surface area contributed by atoms with E-state index in [9.17, 15) is 4.79 Å². The Labute approximate surface area is 165 Å². The summed E-state index contributed by atoms with van der Waals surface area (Å²) in [5.74, 6) is 0.570. The minimum Gasteiger partial charge on any atom is -0.410 e. The summed E-state index contributed by atoms with van der Waals surface area (Å²) < 4.78 is 5.49. The van der Waals surface area contributed by atoms with Crippen LogP contribution in [0.25, 0.3) is 10.9 Å².